The van der Waals surface area contributed by atoms with Gasteiger partial charge in [0.25, 0.3) is 0 Å². The molecule has 1 fully saturated rings. The standard InChI is InChI=1S/C30H60NO18P3/c1-3-5-6-7-8-9-10-11-12-13-14-15-16-18-24(33)46-22(19-20-31-23(32)17-4-2)21-45-52(43,44)49-30-26(35)28(47-50(37,38)39)25(34)29(27(30)36)48-51(40,41)42/h22,25-30,34-36H,3-21H2,1-2H3,(H,31,32)(H,43,44)(H2,37,38,39)(H2,40,41,42)/t22-,25?,26-,27?,28-,29+,30?/m1/s1. The molecule has 8 atom stereocenters. The van der Waals surface area contributed by atoms with Crippen LogP contribution < -0.4 is 5.32 Å². The van der Waals surface area contributed by atoms with Crippen LogP contribution in [0, 0.1) is 0 Å². The number of hydrogen-bond donors (Lipinski definition) is 9. The summed E-state index contributed by atoms with van der Waals surface area (Å²) < 4.78 is 59.6. The van der Waals surface area contributed by atoms with Crippen LogP contribution in [0.5, 0.6) is 0 Å². The van der Waals surface area contributed by atoms with Crippen LogP contribution >= 0.6 is 23.5 Å². The maximum Gasteiger partial charge on any atom is 0.472 e. The fourth-order valence-corrected chi connectivity index (χ4v) is 7.72. The molecule has 0 spiro atoms. The van der Waals surface area contributed by atoms with Gasteiger partial charge in [0.05, 0.1) is 6.61 Å². The highest BCUT2D eigenvalue weighted by molar-refractivity contribution is 7.47. The summed E-state index contributed by atoms with van der Waals surface area (Å²) in [6, 6.07) is 0. The number of nitrogens with one attached hydrogen (secondary N) is 1. The highest BCUT2D eigenvalue weighted by Gasteiger charge is 2.56. The molecule has 0 aromatic carbocycles. The molecule has 0 aromatic heterocycles. The molecule has 1 aliphatic carbocycles. The van der Waals surface area contributed by atoms with E-state index in [0.717, 1.165) is 25.7 Å². The molecule has 9 N–H and O–H groups in total. The van der Waals surface area contributed by atoms with E-state index in [1.165, 1.54) is 51.4 Å². The Hall–Kier alpha value is -0.850. The van der Waals surface area contributed by atoms with Crippen molar-refractivity contribution < 1.29 is 85.9 Å². The zero-order valence-electron chi connectivity index (χ0n) is 30.0. The summed E-state index contributed by atoms with van der Waals surface area (Å²) in [5.74, 6) is -0.912. The zero-order valence-corrected chi connectivity index (χ0v) is 32.7. The quantitative estimate of drug-likeness (QED) is 0.0297. The molecule has 0 heterocycles. The van der Waals surface area contributed by atoms with Gasteiger partial charge in [-0.3, -0.25) is 27.7 Å². The normalized spacial score (nSPS) is 24.3. The van der Waals surface area contributed by atoms with Gasteiger partial charge >= 0.3 is 29.4 Å². The topological polar surface area (TPSA) is 305 Å². The Morgan fingerprint density at radius 3 is 1.46 bits per heavy atom. The van der Waals surface area contributed by atoms with Crippen LogP contribution in [0.3, 0.4) is 0 Å². The van der Waals surface area contributed by atoms with Crippen molar-refractivity contribution in [3.8, 4) is 0 Å². The number of phosphoric ester groups is 3. The monoisotopic (exact) mass is 815 g/mol. The number of amides is 1. The molecule has 19 nitrogen and oxygen atoms in total. The fraction of sp³-hybridized carbons (Fsp3) is 0.933. The molecule has 1 rings (SSSR count). The van der Waals surface area contributed by atoms with E-state index < -0.39 is 78.8 Å². The molecule has 1 saturated carbocycles. The van der Waals surface area contributed by atoms with Gasteiger partial charge in [-0.2, -0.15) is 0 Å². The summed E-state index contributed by atoms with van der Waals surface area (Å²) in [4.78, 5) is 71.7. The van der Waals surface area contributed by atoms with E-state index in [1.807, 2.05) is 0 Å². The van der Waals surface area contributed by atoms with Crippen molar-refractivity contribution in [2.24, 2.45) is 0 Å². The molecule has 22 heteroatoms. The maximum atomic E-state index is 12.9. The van der Waals surface area contributed by atoms with E-state index >= 15 is 0 Å². The third-order valence-corrected chi connectivity index (χ3v) is 10.3. The van der Waals surface area contributed by atoms with Gasteiger partial charge in [-0.05, 0) is 12.8 Å². The van der Waals surface area contributed by atoms with Gasteiger partial charge in [-0.1, -0.05) is 90.9 Å². The molecule has 52 heavy (non-hydrogen) atoms. The smallest absolute Gasteiger partial charge is 0.460 e. The molecular weight excluding hydrogens is 755 g/mol. The SMILES string of the molecule is CCCCCCCCCCCCCCCC(=O)O[C@H](CCNC(=O)CCC)COP(=O)(O)OC1C(O)[C@@H](OP(=O)(O)O)C(O)[C@@H](OP(=O)(O)O)[C@H]1O. The van der Waals surface area contributed by atoms with E-state index in [-0.39, 0.29) is 31.7 Å². The molecule has 0 bridgehead atoms. The minimum absolute atomic E-state index is 0.00377. The number of unbranched alkanes of at least 4 members (excludes halogenated alkanes) is 12. The zero-order chi connectivity index (χ0) is 39.4. The van der Waals surface area contributed by atoms with Crippen molar-refractivity contribution in [3.63, 3.8) is 0 Å². The number of hydrogen-bond acceptors (Lipinski definition) is 13. The van der Waals surface area contributed by atoms with Crippen molar-refractivity contribution in [2.75, 3.05) is 13.2 Å². The molecule has 1 aliphatic rings. The number of aliphatic hydroxyl groups is 3. The number of ether oxygens (including phenoxy) is 1. The molecular formula is C30H60NO18P3. The van der Waals surface area contributed by atoms with Gasteiger partial charge < -0.3 is 49.8 Å². The van der Waals surface area contributed by atoms with Crippen LogP contribution in [0.4, 0.5) is 0 Å². The van der Waals surface area contributed by atoms with Crippen LogP contribution in [-0.4, -0.2) is 108 Å². The average molecular weight is 816 g/mol. The lowest BCUT2D eigenvalue weighted by Crippen LogP contribution is -2.65. The molecule has 0 aromatic rings. The Labute approximate surface area is 305 Å². The van der Waals surface area contributed by atoms with Crippen molar-refractivity contribution in [2.45, 2.75) is 166 Å². The summed E-state index contributed by atoms with van der Waals surface area (Å²) in [5, 5.41) is 34.1. The summed E-state index contributed by atoms with van der Waals surface area (Å²) >= 11 is 0. The van der Waals surface area contributed by atoms with E-state index in [9.17, 15) is 63.1 Å². The van der Waals surface area contributed by atoms with Crippen LogP contribution in [0.1, 0.15) is 123 Å². The summed E-state index contributed by atoms with van der Waals surface area (Å²) in [7, 11) is -16.4. The Kier molecular flexibility index (Phi) is 24.0. The molecule has 308 valence electrons. The Balaban J connectivity index is 2.78. The minimum Gasteiger partial charge on any atom is -0.460 e. The van der Waals surface area contributed by atoms with Gasteiger partial charge in [0.15, 0.2) is 0 Å². The first-order valence-corrected chi connectivity index (χ1v) is 22.5. The predicted molar refractivity (Wildman–Crippen MR) is 185 cm³/mol. The van der Waals surface area contributed by atoms with E-state index in [4.69, 9.17) is 13.8 Å². The predicted octanol–water partition coefficient (Wildman–Crippen LogP) is 3.24. The van der Waals surface area contributed by atoms with Crippen LogP contribution in [0.2, 0.25) is 0 Å². The van der Waals surface area contributed by atoms with Crippen molar-refractivity contribution in [3.05, 3.63) is 0 Å². The molecule has 0 saturated heterocycles. The van der Waals surface area contributed by atoms with Crippen LogP contribution in [0.15, 0.2) is 0 Å². The average Bonchev–Trinajstić information content (AvgIpc) is 3.04. The van der Waals surface area contributed by atoms with Crippen molar-refractivity contribution in [1.29, 1.82) is 0 Å². The van der Waals surface area contributed by atoms with Gasteiger partial charge in [0.2, 0.25) is 5.91 Å². The summed E-state index contributed by atoms with van der Waals surface area (Å²) in [6.45, 7) is 3.20. The van der Waals surface area contributed by atoms with Gasteiger partial charge in [0.1, 0.15) is 42.7 Å². The van der Waals surface area contributed by atoms with E-state index in [2.05, 4.69) is 21.3 Å². The van der Waals surface area contributed by atoms with E-state index in [1.54, 1.807) is 6.92 Å². The molecule has 1 amide bonds. The highest BCUT2D eigenvalue weighted by atomic mass is 31.2. The third-order valence-electron chi connectivity index (χ3n) is 8.26. The largest absolute Gasteiger partial charge is 0.472 e. The Morgan fingerprint density at radius 1 is 0.615 bits per heavy atom. The van der Waals surface area contributed by atoms with Gasteiger partial charge in [-0.15, -0.1) is 0 Å². The maximum absolute atomic E-state index is 12.9. The second-order valence-corrected chi connectivity index (χ2v) is 16.7. The second-order valence-electron chi connectivity index (χ2n) is 12.9. The summed E-state index contributed by atoms with van der Waals surface area (Å²) in [6.07, 6.45) is -0.697. The number of rotatable bonds is 29. The number of carbonyl (C=O) groups is 2. The lowest BCUT2D eigenvalue weighted by Gasteiger charge is -2.44. The molecule has 4 unspecified atom stereocenters. The lowest BCUT2D eigenvalue weighted by atomic mass is 9.85. The number of esters is 1. The number of carbonyl (C=O) groups excluding carboxylic acids is 2. The van der Waals surface area contributed by atoms with Crippen LogP contribution in [0.25, 0.3) is 0 Å². The molecule has 0 radical (unpaired) electrons. The first-order valence-electron chi connectivity index (χ1n) is 17.9. The third kappa shape index (κ3) is 21.9. The highest BCUT2D eigenvalue weighted by Crippen LogP contribution is 2.51. The van der Waals surface area contributed by atoms with Crippen molar-refractivity contribution in [1.82, 2.24) is 5.32 Å². The lowest BCUT2D eigenvalue weighted by molar-refractivity contribution is -0.213. The van der Waals surface area contributed by atoms with E-state index in [0.29, 0.717) is 12.8 Å². The number of aliphatic hydroxyl groups excluding tert-OH is 3. The summed E-state index contributed by atoms with van der Waals surface area (Å²) in [5.41, 5.74) is 0. The Bertz CT molecular complexity index is 1130. The van der Waals surface area contributed by atoms with Gasteiger partial charge in [0, 0.05) is 25.8 Å². The fourth-order valence-electron chi connectivity index (χ4n) is 5.62. The first kappa shape index (κ1) is 49.2. The molecule has 0 aliphatic heterocycles. The second kappa shape index (κ2) is 25.3. The number of phosphoric acid groups is 3. The van der Waals surface area contributed by atoms with Crippen LogP contribution in [-0.2, 0) is 46.1 Å². The minimum atomic E-state index is -5.52. The van der Waals surface area contributed by atoms with Gasteiger partial charge in [-0.25, -0.2) is 13.7 Å². The first-order chi connectivity index (χ1) is 24.3. The Morgan fingerprint density at radius 2 is 1.04 bits per heavy atom. The van der Waals surface area contributed by atoms with Crippen molar-refractivity contribution >= 4 is 35.3 Å².